The number of rotatable bonds is 9. The van der Waals surface area contributed by atoms with Crippen molar-refractivity contribution in [3.05, 3.63) is 34.9 Å². The van der Waals surface area contributed by atoms with Crippen LogP contribution in [-0.2, 0) is 6.54 Å². The lowest BCUT2D eigenvalue weighted by Gasteiger charge is -2.05. The largest absolute Gasteiger partial charge is 0.313 e. The Kier molecular flexibility index (Phi) is 8.59. The molecule has 0 aliphatic rings. The van der Waals surface area contributed by atoms with E-state index in [0.29, 0.717) is 0 Å². The van der Waals surface area contributed by atoms with Gasteiger partial charge in [-0.1, -0.05) is 36.6 Å². The Labute approximate surface area is 114 Å². The van der Waals surface area contributed by atoms with Crippen LogP contribution in [0.1, 0.15) is 31.2 Å². The van der Waals surface area contributed by atoms with E-state index in [9.17, 15) is 0 Å². The quantitative estimate of drug-likeness (QED) is 0.670. The number of benzene rings is 1. The Hall–Kier alpha value is -0.180. The molecule has 0 atom stereocenters. The molecular weight excluding hydrogens is 250 g/mol. The summed E-state index contributed by atoms with van der Waals surface area (Å²) in [4.78, 5) is 0. The van der Waals surface area contributed by atoms with Crippen LogP contribution in [0.15, 0.2) is 24.3 Å². The van der Waals surface area contributed by atoms with Gasteiger partial charge in [-0.05, 0) is 49.1 Å². The summed E-state index contributed by atoms with van der Waals surface area (Å²) in [6.45, 7) is 2.06. The van der Waals surface area contributed by atoms with E-state index in [1.165, 1.54) is 37.0 Å². The van der Waals surface area contributed by atoms with E-state index in [-0.39, 0.29) is 0 Å². The molecule has 0 spiro atoms. The van der Waals surface area contributed by atoms with Crippen molar-refractivity contribution >= 4 is 23.4 Å². The molecule has 0 bridgehead atoms. The van der Waals surface area contributed by atoms with Crippen LogP contribution < -0.4 is 5.32 Å². The van der Waals surface area contributed by atoms with Crippen molar-refractivity contribution in [2.45, 2.75) is 32.2 Å². The number of unbranched alkanes of at least 4 members (excludes halogenated alkanes) is 3. The summed E-state index contributed by atoms with van der Waals surface area (Å²) in [7, 11) is 0. The van der Waals surface area contributed by atoms with Gasteiger partial charge in [0.2, 0.25) is 0 Å². The number of nitrogens with one attached hydrogen (secondary N) is 1. The highest BCUT2D eigenvalue weighted by Crippen LogP contribution is 2.09. The van der Waals surface area contributed by atoms with Gasteiger partial charge in [0, 0.05) is 11.6 Å². The zero-order valence-corrected chi connectivity index (χ0v) is 12.1. The summed E-state index contributed by atoms with van der Waals surface area (Å²) in [5.74, 6) is 1.30. The first-order valence-electron chi connectivity index (χ1n) is 6.27. The fourth-order valence-corrected chi connectivity index (χ4v) is 2.30. The number of hydrogen-bond donors (Lipinski definition) is 1. The zero-order valence-electron chi connectivity index (χ0n) is 10.5. The Morgan fingerprint density at radius 3 is 2.47 bits per heavy atom. The topological polar surface area (TPSA) is 12.0 Å². The molecule has 0 unspecified atom stereocenters. The van der Waals surface area contributed by atoms with Crippen LogP contribution in [0.3, 0.4) is 0 Å². The van der Waals surface area contributed by atoms with Crippen LogP contribution >= 0.6 is 23.4 Å². The Balaban J connectivity index is 1.95. The third-order valence-corrected chi connectivity index (χ3v) is 3.64. The van der Waals surface area contributed by atoms with Gasteiger partial charge in [-0.25, -0.2) is 0 Å². The zero-order chi connectivity index (χ0) is 12.3. The molecular formula is C14H22ClNS. The molecule has 0 heterocycles. The van der Waals surface area contributed by atoms with Crippen LogP contribution in [0.2, 0.25) is 5.02 Å². The Morgan fingerprint density at radius 2 is 1.76 bits per heavy atom. The van der Waals surface area contributed by atoms with Gasteiger partial charge in [-0.15, -0.1) is 0 Å². The van der Waals surface area contributed by atoms with Crippen molar-refractivity contribution in [1.29, 1.82) is 0 Å². The van der Waals surface area contributed by atoms with E-state index in [2.05, 4.69) is 23.7 Å². The van der Waals surface area contributed by atoms with Crippen LogP contribution in [0.4, 0.5) is 0 Å². The smallest absolute Gasteiger partial charge is 0.0406 e. The van der Waals surface area contributed by atoms with Crippen molar-refractivity contribution in [2.75, 3.05) is 18.6 Å². The van der Waals surface area contributed by atoms with Crippen molar-refractivity contribution in [3.8, 4) is 0 Å². The first-order valence-corrected chi connectivity index (χ1v) is 8.04. The van der Waals surface area contributed by atoms with Crippen molar-refractivity contribution in [1.82, 2.24) is 5.32 Å². The molecule has 0 fully saturated rings. The van der Waals surface area contributed by atoms with Gasteiger partial charge in [0.25, 0.3) is 0 Å². The van der Waals surface area contributed by atoms with Gasteiger partial charge >= 0.3 is 0 Å². The molecule has 0 aliphatic carbocycles. The SMILES string of the molecule is CSCCCCCCNCc1ccc(Cl)cc1. The maximum Gasteiger partial charge on any atom is 0.0406 e. The molecule has 0 radical (unpaired) electrons. The van der Waals surface area contributed by atoms with Gasteiger partial charge in [0.15, 0.2) is 0 Å². The number of halogens is 1. The highest BCUT2D eigenvalue weighted by Gasteiger charge is 1.93. The monoisotopic (exact) mass is 271 g/mol. The second-order valence-corrected chi connectivity index (χ2v) is 5.63. The summed E-state index contributed by atoms with van der Waals surface area (Å²) >= 11 is 7.78. The molecule has 0 amide bonds. The lowest BCUT2D eigenvalue weighted by Crippen LogP contribution is -2.14. The second-order valence-electron chi connectivity index (χ2n) is 4.21. The first-order chi connectivity index (χ1) is 8.33. The van der Waals surface area contributed by atoms with E-state index >= 15 is 0 Å². The molecule has 3 heteroatoms. The van der Waals surface area contributed by atoms with E-state index in [1.807, 2.05) is 23.9 Å². The molecule has 1 N–H and O–H groups in total. The maximum absolute atomic E-state index is 5.83. The lowest BCUT2D eigenvalue weighted by molar-refractivity contribution is 0.599. The van der Waals surface area contributed by atoms with E-state index in [0.717, 1.165) is 18.1 Å². The number of hydrogen-bond acceptors (Lipinski definition) is 2. The van der Waals surface area contributed by atoms with Crippen LogP contribution in [0.5, 0.6) is 0 Å². The third-order valence-electron chi connectivity index (χ3n) is 2.69. The summed E-state index contributed by atoms with van der Waals surface area (Å²) in [6, 6.07) is 8.05. The first kappa shape index (κ1) is 14.9. The summed E-state index contributed by atoms with van der Waals surface area (Å²) in [5.41, 5.74) is 1.30. The summed E-state index contributed by atoms with van der Waals surface area (Å²) in [5, 5.41) is 4.27. The van der Waals surface area contributed by atoms with Gasteiger partial charge in [0.1, 0.15) is 0 Å². The van der Waals surface area contributed by atoms with Crippen LogP contribution in [0, 0.1) is 0 Å². The van der Waals surface area contributed by atoms with Gasteiger partial charge in [-0.3, -0.25) is 0 Å². The molecule has 0 aromatic heterocycles. The predicted octanol–water partition coefficient (Wildman–Crippen LogP) is 4.35. The minimum atomic E-state index is 0.808. The third kappa shape index (κ3) is 7.69. The average Bonchev–Trinajstić information content (AvgIpc) is 2.35. The van der Waals surface area contributed by atoms with E-state index < -0.39 is 0 Å². The Bertz CT molecular complexity index is 287. The van der Waals surface area contributed by atoms with E-state index in [1.54, 1.807) is 0 Å². The molecule has 17 heavy (non-hydrogen) atoms. The molecule has 96 valence electrons. The van der Waals surface area contributed by atoms with Crippen molar-refractivity contribution in [3.63, 3.8) is 0 Å². The van der Waals surface area contributed by atoms with Crippen LogP contribution in [0.25, 0.3) is 0 Å². The van der Waals surface area contributed by atoms with Gasteiger partial charge < -0.3 is 5.32 Å². The minimum Gasteiger partial charge on any atom is -0.313 e. The minimum absolute atomic E-state index is 0.808. The van der Waals surface area contributed by atoms with Crippen molar-refractivity contribution in [2.24, 2.45) is 0 Å². The molecule has 0 saturated carbocycles. The van der Waals surface area contributed by atoms with Crippen LogP contribution in [-0.4, -0.2) is 18.6 Å². The fraction of sp³-hybridized carbons (Fsp3) is 0.571. The highest BCUT2D eigenvalue weighted by atomic mass is 35.5. The second kappa shape index (κ2) is 9.81. The summed E-state index contributed by atoms with van der Waals surface area (Å²) in [6.07, 6.45) is 7.52. The standard InChI is InChI=1S/C14H22ClNS/c1-17-11-5-3-2-4-10-16-12-13-6-8-14(15)9-7-13/h6-9,16H,2-5,10-12H2,1H3. The Morgan fingerprint density at radius 1 is 1.06 bits per heavy atom. The molecule has 1 nitrogen and oxygen atoms in total. The lowest BCUT2D eigenvalue weighted by atomic mass is 10.2. The number of thioether (sulfide) groups is 1. The predicted molar refractivity (Wildman–Crippen MR) is 80.0 cm³/mol. The maximum atomic E-state index is 5.83. The molecule has 1 aromatic rings. The highest BCUT2D eigenvalue weighted by molar-refractivity contribution is 7.98. The molecule has 1 rings (SSSR count). The summed E-state index contributed by atoms with van der Waals surface area (Å²) < 4.78 is 0. The fourth-order valence-electron chi connectivity index (χ4n) is 1.68. The van der Waals surface area contributed by atoms with Gasteiger partial charge in [0.05, 0.1) is 0 Å². The molecule has 1 aromatic carbocycles. The normalized spacial score (nSPS) is 10.7. The molecule has 0 aliphatic heterocycles. The molecule has 0 saturated heterocycles. The van der Waals surface area contributed by atoms with Gasteiger partial charge in [-0.2, -0.15) is 11.8 Å². The average molecular weight is 272 g/mol. The van der Waals surface area contributed by atoms with Crippen molar-refractivity contribution < 1.29 is 0 Å². The van der Waals surface area contributed by atoms with E-state index in [4.69, 9.17) is 11.6 Å².